The Kier molecular flexibility index (Phi) is 3.95. The number of hydrogen-bond acceptors (Lipinski definition) is 2. The van der Waals surface area contributed by atoms with E-state index in [0.29, 0.717) is 5.69 Å². The number of hydrogen-bond donors (Lipinski definition) is 5. The van der Waals surface area contributed by atoms with Gasteiger partial charge < -0.3 is 0 Å². The van der Waals surface area contributed by atoms with Crippen LogP contribution in [0.5, 0.6) is 0 Å². The Hall–Kier alpha value is -1.76. The Bertz CT molecular complexity index is 500. The van der Waals surface area contributed by atoms with Crippen LogP contribution >= 0.6 is 0 Å². The molecule has 0 heterocycles. The Labute approximate surface area is 99.9 Å². The third-order valence-corrected chi connectivity index (χ3v) is 3.71. The normalized spacial score (nSPS) is 12.2. The van der Waals surface area contributed by atoms with Crippen molar-refractivity contribution in [2.75, 3.05) is 0 Å². The molecular formula is C8H12AsN5O3. The summed E-state index contributed by atoms with van der Waals surface area (Å²) in [6.07, 6.45) is 0. The molecule has 0 unspecified atom stereocenters. The average Bonchev–Trinajstić information content (AvgIpc) is 2.15. The average molecular weight is 301 g/mol. The summed E-state index contributed by atoms with van der Waals surface area (Å²) in [7, 11) is 0. The molecule has 0 aromatic heterocycles. The van der Waals surface area contributed by atoms with Crippen molar-refractivity contribution < 1.29 is 11.9 Å². The zero-order chi connectivity index (χ0) is 13.1. The van der Waals surface area contributed by atoms with Gasteiger partial charge in [0.2, 0.25) is 0 Å². The maximum absolute atomic E-state index is 11.0. The van der Waals surface area contributed by atoms with Crippen LogP contribution in [0.15, 0.2) is 34.3 Å². The quantitative estimate of drug-likeness (QED) is 0.230. The molecule has 0 bridgehead atoms. The van der Waals surface area contributed by atoms with E-state index in [1.54, 1.807) is 0 Å². The first-order valence-corrected chi connectivity index (χ1v) is 7.77. The number of rotatable bonds is 2. The second-order valence-electron chi connectivity index (χ2n) is 3.07. The molecule has 1 rings (SSSR count). The topological polar surface area (TPSA) is 160 Å². The molecule has 8 N–H and O–H groups in total. The van der Waals surface area contributed by atoms with Crippen LogP contribution in [-0.2, 0) is 3.74 Å². The first kappa shape index (κ1) is 13.3. The van der Waals surface area contributed by atoms with Gasteiger partial charge in [0.1, 0.15) is 0 Å². The minimum absolute atomic E-state index is 0.0394. The molecule has 0 spiro atoms. The number of aliphatic imine (C=N–C) groups is 2. The van der Waals surface area contributed by atoms with Crippen LogP contribution < -0.4 is 21.6 Å². The van der Waals surface area contributed by atoms with Crippen molar-refractivity contribution in [2.45, 2.75) is 0 Å². The Morgan fingerprint density at radius 3 is 2.06 bits per heavy atom. The van der Waals surface area contributed by atoms with Crippen molar-refractivity contribution in [1.82, 2.24) is 0 Å². The van der Waals surface area contributed by atoms with Gasteiger partial charge in [-0.2, -0.15) is 0 Å². The van der Waals surface area contributed by atoms with Crippen LogP contribution in [0.4, 0.5) is 5.69 Å². The van der Waals surface area contributed by atoms with Gasteiger partial charge >= 0.3 is 99.5 Å². The fourth-order valence-electron chi connectivity index (χ4n) is 1.01. The molecule has 0 aliphatic carbocycles. The van der Waals surface area contributed by atoms with E-state index in [1.165, 1.54) is 24.3 Å². The van der Waals surface area contributed by atoms with Crippen molar-refractivity contribution in [3.05, 3.63) is 24.3 Å². The summed E-state index contributed by atoms with van der Waals surface area (Å²) in [6, 6.07) is 5.37. The first-order chi connectivity index (χ1) is 7.79. The van der Waals surface area contributed by atoms with Crippen molar-refractivity contribution in [3.8, 4) is 0 Å². The monoisotopic (exact) mass is 301 g/mol. The van der Waals surface area contributed by atoms with Crippen LogP contribution in [0.1, 0.15) is 0 Å². The summed E-state index contributed by atoms with van der Waals surface area (Å²) in [6.45, 7) is 0. The van der Waals surface area contributed by atoms with Crippen LogP contribution in [0.2, 0.25) is 0 Å². The Morgan fingerprint density at radius 2 is 1.65 bits per heavy atom. The van der Waals surface area contributed by atoms with Crippen molar-refractivity contribution in [1.29, 1.82) is 0 Å². The number of guanidine groups is 2. The Morgan fingerprint density at radius 1 is 1.12 bits per heavy atom. The van der Waals surface area contributed by atoms with Gasteiger partial charge in [0.05, 0.1) is 0 Å². The molecule has 8 nitrogen and oxygen atoms in total. The van der Waals surface area contributed by atoms with Gasteiger partial charge in [0.15, 0.2) is 0 Å². The van der Waals surface area contributed by atoms with Crippen molar-refractivity contribution >= 4 is 36.1 Å². The summed E-state index contributed by atoms with van der Waals surface area (Å²) in [4.78, 5) is 7.32. The van der Waals surface area contributed by atoms with Crippen LogP contribution in [0.3, 0.4) is 0 Å². The van der Waals surface area contributed by atoms with Gasteiger partial charge in [-0.15, -0.1) is 0 Å². The molecule has 0 amide bonds. The molecular weight excluding hydrogens is 289 g/mol. The molecule has 0 atom stereocenters. The standard InChI is InChI=1S/C8H12AsN5O3/c10-7(11)14-8(12)13-6-3-1-5(2-4-6)9(15,16)17/h1-4H,(H2,15,16,17)(H6,10,11,12,13,14). The second-order valence-corrected chi connectivity index (χ2v) is 6.43. The van der Waals surface area contributed by atoms with E-state index in [-0.39, 0.29) is 16.3 Å². The molecule has 9 heteroatoms. The molecule has 0 fully saturated rings. The van der Waals surface area contributed by atoms with Gasteiger partial charge in [-0.1, -0.05) is 0 Å². The molecule has 0 saturated carbocycles. The van der Waals surface area contributed by atoms with Crippen molar-refractivity contribution in [2.24, 2.45) is 27.2 Å². The molecule has 0 saturated heterocycles. The van der Waals surface area contributed by atoms with E-state index < -0.39 is 14.2 Å². The minimum atomic E-state index is -4.85. The van der Waals surface area contributed by atoms with Gasteiger partial charge in [0, 0.05) is 0 Å². The molecule has 92 valence electrons. The van der Waals surface area contributed by atoms with Crippen LogP contribution in [0.25, 0.3) is 0 Å². The summed E-state index contributed by atoms with van der Waals surface area (Å²) in [5.74, 6) is -0.361. The van der Waals surface area contributed by atoms with Crippen LogP contribution in [-0.4, -0.2) is 34.3 Å². The molecule has 1 aromatic rings. The maximum atomic E-state index is 11.0. The molecule has 17 heavy (non-hydrogen) atoms. The van der Waals surface area contributed by atoms with E-state index >= 15 is 0 Å². The van der Waals surface area contributed by atoms with E-state index in [2.05, 4.69) is 9.98 Å². The molecule has 1 aromatic carbocycles. The zero-order valence-electron chi connectivity index (χ0n) is 8.69. The van der Waals surface area contributed by atoms with E-state index in [0.717, 1.165) is 0 Å². The molecule has 0 aliphatic rings. The number of benzene rings is 1. The van der Waals surface area contributed by atoms with Crippen LogP contribution in [0, 0.1) is 0 Å². The third-order valence-electron chi connectivity index (χ3n) is 1.67. The predicted octanol–water partition coefficient (Wildman–Crippen LogP) is -2.53. The van der Waals surface area contributed by atoms with Gasteiger partial charge in [-0.05, 0) is 0 Å². The SMILES string of the molecule is NC(N)=NC(N)=Nc1ccc([As](=O)(O)O)cc1. The second kappa shape index (κ2) is 5.05. The van der Waals surface area contributed by atoms with E-state index in [9.17, 15) is 3.74 Å². The summed E-state index contributed by atoms with van der Waals surface area (Å²) < 4.78 is 28.8. The Balaban J connectivity index is 2.97. The fraction of sp³-hybridized carbons (Fsp3) is 0. The summed E-state index contributed by atoms with van der Waals surface area (Å²) in [5.41, 5.74) is 16.0. The number of nitrogens with zero attached hydrogens (tertiary/aromatic N) is 2. The van der Waals surface area contributed by atoms with Gasteiger partial charge in [0.25, 0.3) is 0 Å². The van der Waals surface area contributed by atoms with E-state index in [4.69, 9.17) is 25.4 Å². The fourth-order valence-corrected chi connectivity index (χ4v) is 2.14. The van der Waals surface area contributed by atoms with E-state index in [1.807, 2.05) is 0 Å². The third kappa shape index (κ3) is 4.31. The van der Waals surface area contributed by atoms with Crippen molar-refractivity contribution in [3.63, 3.8) is 0 Å². The van der Waals surface area contributed by atoms with Gasteiger partial charge in [-0.25, -0.2) is 0 Å². The zero-order valence-corrected chi connectivity index (χ0v) is 10.6. The predicted molar refractivity (Wildman–Crippen MR) is 64.0 cm³/mol. The summed E-state index contributed by atoms with van der Waals surface area (Å²) in [5, 5.41) is 0. The first-order valence-electron chi connectivity index (χ1n) is 4.39. The molecule has 0 aliphatic heterocycles. The van der Waals surface area contributed by atoms with Gasteiger partial charge in [-0.3, -0.25) is 0 Å². The number of nitrogens with two attached hydrogens (primary N) is 3. The summed E-state index contributed by atoms with van der Waals surface area (Å²) >= 11 is -4.85. The molecule has 0 radical (unpaired) electrons.